The van der Waals surface area contributed by atoms with Gasteiger partial charge in [-0.05, 0) is 25.6 Å². The summed E-state index contributed by atoms with van der Waals surface area (Å²) in [6.07, 6.45) is 0. The predicted octanol–water partition coefficient (Wildman–Crippen LogP) is 3.24. The van der Waals surface area contributed by atoms with E-state index in [1.54, 1.807) is 36.4 Å². The predicted molar refractivity (Wildman–Crippen MR) is 101 cm³/mol. The number of carbonyl (C=O) groups excluding carboxylic acids is 2. The molecule has 1 amide bonds. The number of nitrogens with zero attached hydrogens (tertiary/aromatic N) is 1. The van der Waals surface area contributed by atoms with Gasteiger partial charge < -0.3 is 10.2 Å². The molecule has 0 spiro atoms. The van der Waals surface area contributed by atoms with Crippen LogP contribution in [0.25, 0.3) is 0 Å². The topological polar surface area (TPSA) is 49.4 Å². The van der Waals surface area contributed by atoms with E-state index in [0.29, 0.717) is 23.2 Å². The minimum Gasteiger partial charge on any atom is -0.351 e. The van der Waals surface area contributed by atoms with Crippen LogP contribution in [0.4, 0.5) is 0 Å². The molecule has 2 aromatic carbocycles. The van der Waals surface area contributed by atoms with Gasteiger partial charge in [0.15, 0.2) is 5.78 Å². The molecule has 0 aliphatic heterocycles. The van der Waals surface area contributed by atoms with Crippen LogP contribution in [0.3, 0.4) is 0 Å². The number of hydrogen-bond acceptors (Lipinski definition) is 3. The Labute approximate surface area is 149 Å². The highest BCUT2D eigenvalue weighted by Gasteiger charge is 2.22. The standard InChI is InChI=1S/C21H26N2O2/c1-21(2,15-23(3)4)14-22-20(25)18-13-9-8-12-17(18)19(24)16-10-6-5-7-11-16/h5-13H,14-15H2,1-4H3,(H,22,25). The van der Waals surface area contributed by atoms with Crippen molar-refractivity contribution in [1.82, 2.24) is 10.2 Å². The van der Waals surface area contributed by atoms with Gasteiger partial charge in [0.1, 0.15) is 0 Å². The first-order valence-electron chi connectivity index (χ1n) is 8.42. The zero-order valence-electron chi connectivity index (χ0n) is 15.4. The van der Waals surface area contributed by atoms with E-state index >= 15 is 0 Å². The lowest BCUT2D eigenvalue weighted by Gasteiger charge is -2.28. The molecule has 0 saturated carbocycles. The molecule has 1 N–H and O–H groups in total. The van der Waals surface area contributed by atoms with Crippen molar-refractivity contribution in [2.75, 3.05) is 27.2 Å². The SMILES string of the molecule is CN(C)CC(C)(C)CNC(=O)c1ccccc1C(=O)c1ccccc1. The highest BCUT2D eigenvalue weighted by molar-refractivity contribution is 6.15. The Bertz CT molecular complexity index is 737. The van der Waals surface area contributed by atoms with E-state index in [2.05, 4.69) is 24.1 Å². The second-order valence-corrected chi connectivity index (χ2v) is 7.33. The van der Waals surface area contributed by atoms with Crippen molar-refractivity contribution >= 4 is 11.7 Å². The lowest BCUT2D eigenvalue weighted by molar-refractivity contribution is 0.0920. The third-order valence-corrected chi connectivity index (χ3v) is 3.92. The molecule has 0 fully saturated rings. The lowest BCUT2D eigenvalue weighted by Crippen LogP contribution is -2.40. The Morgan fingerprint density at radius 3 is 2.08 bits per heavy atom. The molecule has 2 aromatic rings. The zero-order valence-corrected chi connectivity index (χ0v) is 15.4. The summed E-state index contributed by atoms with van der Waals surface area (Å²) >= 11 is 0. The first-order valence-corrected chi connectivity index (χ1v) is 8.42. The van der Waals surface area contributed by atoms with Crippen LogP contribution in [0.2, 0.25) is 0 Å². The molecule has 0 aliphatic carbocycles. The Morgan fingerprint density at radius 1 is 0.920 bits per heavy atom. The van der Waals surface area contributed by atoms with Gasteiger partial charge in [0.05, 0.1) is 5.56 Å². The van der Waals surface area contributed by atoms with Crippen LogP contribution < -0.4 is 5.32 Å². The summed E-state index contributed by atoms with van der Waals surface area (Å²) in [6, 6.07) is 16.0. The van der Waals surface area contributed by atoms with Gasteiger partial charge in [-0.1, -0.05) is 62.4 Å². The van der Waals surface area contributed by atoms with Crippen molar-refractivity contribution in [3.8, 4) is 0 Å². The largest absolute Gasteiger partial charge is 0.351 e. The van der Waals surface area contributed by atoms with E-state index in [1.165, 1.54) is 0 Å². The molecule has 0 saturated heterocycles. The van der Waals surface area contributed by atoms with Crippen molar-refractivity contribution in [1.29, 1.82) is 0 Å². The third kappa shape index (κ3) is 5.26. The number of hydrogen-bond donors (Lipinski definition) is 1. The molecule has 0 unspecified atom stereocenters. The van der Waals surface area contributed by atoms with Crippen LogP contribution in [-0.4, -0.2) is 43.8 Å². The van der Waals surface area contributed by atoms with Crippen molar-refractivity contribution < 1.29 is 9.59 Å². The smallest absolute Gasteiger partial charge is 0.252 e. The molecule has 0 aromatic heterocycles. The maximum atomic E-state index is 12.7. The number of nitrogens with one attached hydrogen (secondary N) is 1. The van der Waals surface area contributed by atoms with Crippen LogP contribution in [0, 0.1) is 5.41 Å². The van der Waals surface area contributed by atoms with Gasteiger partial charge in [-0.2, -0.15) is 0 Å². The average Bonchev–Trinajstić information content (AvgIpc) is 2.59. The molecule has 4 nitrogen and oxygen atoms in total. The fourth-order valence-corrected chi connectivity index (χ4v) is 2.95. The summed E-state index contributed by atoms with van der Waals surface area (Å²) in [4.78, 5) is 27.5. The van der Waals surface area contributed by atoms with Crippen LogP contribution in [0.5, 0.6) is 0 Å². The van der Waals surface area contributed by atoms with Crippen molar-refractivity contribution in [2.24, 2.45) is 5.41 Å². The summed E-state index contributed by atoms with van der Waals surface area (Å²) in [7, 11) is 4.02. The number of rotatable bonds is 7. The van der Waals surface area contributed by atoms with Crippen molar-refractivity contribution in [3.63, 3.8) is 0 Å². The minimum atomic E-state index is -0.216. The molecular formula is C21H26N2O2. The quantitative estimate of drug-likeness (QED) is 0.789. The number of carbonyl (C=O) groups is 2. The summed E-state index contributed by atoms with van der Waals surface area (Å²) < 4.78 is 0. The second-order valence-electron chi connectivity index (χ2n) is 7.33. The fraction of sp³-hybridized carbons (Fsp3) is 0.333. The zero-order chi connectivity index (χ0) is 18.4. The van der Waals surface area contributed by atoms with Crippen LogP contribution in [-0.2, 0) is 0 Å². The summed E-state index contributed by atoms with van der Waals surface area (Å²) in [5.41, 5.74) is 1.36. The molecule has 0 radical (unpaired) electrons. The first kappa shape index (κ1) is 18.9. The number of ketones is 1. The molecule has 0 atom stereocenters. The minimum absolute atomic E-state index is 0.0580. The summed E-state index contributed by atoms with van der Waals surface area (Å²) in [6.45, 7) is 5.61. The normalized spacial score (nSPS) is 11.4. The Kier molecular flexibility index (Phi) is 6.10. The van der Waals surface area contributed by atoms with E-state index in [0.717, 1.165) is 6.54 Å². The highest BCUT2D eigenvalue weighted by Crippen LogP contribution is 2.17. The Hall–Kier alpha value is -2.46. The van der Waals surface area contributed by atoms with Gasteiger partial charge >= 0.3 is 0 Å². The molecule has 25 heavy (non-hydrogen) atoms. The fourth-order valence-electron chi connectivity index (χ4n) is 2.95. The van der Waals surface area contributed by atoms with Gasteiger partial charge in [-0.15, -0.1) is 0 Å². The van der Waals surface area contributed by atoms with E-state index in [-0.39, 0.29) is 17.1 Å². The molecular weight excluding hydrogens is 312 g/mol. The average molecular weight is 338 g/mol. The number of benzene rings is 2. The second kappa shape index (κ2) is 8.08. The maximum absolute atomic E-state index is 12.7. The molecule has 132 valence electrons. The van der Waals surface area contributed by atoms with Crippen molar-refractivity contribution in [3.05, 3.63) is 71.3 Å². The summed E-state index contributed by atoms with van der Waals surface area (Å²) in [5.74, 6) is -0.356. The first-order chi connectivity index (χ1) is 11.8. The van der Waals surface area contributed by atoms with E-state index in [9.17, 15) is 9.59 Å². The van der Waals surface area contributed by atoms with Crippen LogP contribution >= 0.6 is 0 Å². The Morgan fingerprint density at radius 2 is 1.48 bits per heavy atom. The van der Waals surface area contributed by atoms with E-state index in [4.69, 9.17) is 0 Å². The van der Waals surface area contributed by atoms with E-state index in [1.807, 2.05) is 32.3 Å². The maximum Gasteiger partial charge on any atom is 0.252 e. The van der Waals surface area contributed by atoms with Crippen LogP contribution in [0.1, 0.15) is 40.1 Å². The summed E-state index contributed by atoms with van der Waals surface area (Å²) in [5, 5.41) is 2.97. The molecule has 0 bridgehead atoms. The number of amides is 1. The van der Waals surface area contributed by atoms with Gasteiger partial charge in [0.2, 0.25) is 0 Å². The van der Waals surface area contributed by atoms with Gasteiger partial charge in [-0.25, -0.2) is 0 Å². The van der Waals surface area contributed by atoms with Crippen molar-refractivity contribution in [2.45, 2.75) is 13.8 Å². The molecule has 0 heterocycles. The molecule has 0 aliphatic rings. The third-order valence-electron chi connectivity index (χ3n) is 3.92. The molecule has 2 rings (SSSR count). The van der Waals surface area contributed by atoms with Gasteiger partial charge in [0.25, 0.3) is 5.91 Å². The van der Waals surface area contributed by atoms with Crippen LogP contribution in [0.15, 0.2) is 54.6 Å². The lowest BCUT2D eigenvalue weighted by atomic mass is 9.92. The Balaban J connectivity index is 2.17. The van der Waals surface area contributed by atoms with Gasteiger partial charge in [-0.3, -0.25) is 9.59 Å². The highest BCUT2D eigenvalue weighted by atomic mass is 16.2. The monoisotopic (exact) mass is 338 g/mol. The van der Waals surface area contributed by atoms with Gasteiger partial charge in [0, 0.05) is 24.2 Å². The molecule has 4 heteroatoms. The van der Waals surface area contributed by atoms with E-state index < -0.39 is 0 Å².